The summed E-state index contributed by atoms with van der Waals surface area (Å²) in [7, 11) is 0. The number of alkyl halides is 10. The van der Waals surface area contributed by atoms with Crippen molar-refractivity contribution in [2.75, 3.05) is 0 Å². The fourth-order valence-corrected chi connectivity index (χ4v) is 0.951. The summed E-state index contributed by atoms with van der Waals surface area (Å²) in [6.07, 6.45) is -5.98. The molecule has 0 spiro atoms. The van der Waals surface area contributed by atoms with Crippen LogP contribution in [-0.2, 0) is 0 Å². The zero-order chi connectivity index (χ0) is 12.0. The molecule has 0 amide bonds. The highest BCUT2D eigenvalue weighted by molar-refractivity contribution is 6.53. The fourth-order valence-electron chi connectivity index (χ4n) is 0.356. The third kappa shape index (κ3) is 2.28. The van der Waals surface area contributed by atoms with Crippen molar-refractivity contribution in [1.82, 2.24) is 0 Å². The van der Waals surface area contributed by atoms with E-state index in [1.165, 1.54) is 0 Å². The summed E-state index contributed by atoms with van der Waals surface area (Å²) >= 11 is 16.9. The van der Waals surface area contributed by atoms with E-state index in [0.29, 0.717) is 0 Å². The predicted octanol–water partition coefficient (Wildman–Crippen LogP) is 4.46. The zero-order valence-corrected chi connectivity index (χ0v) is 8.80. The van der Waals surface area contributed by atoms with Gasteiger partial charge in [0.05, 0.1) is 0 Å². The molecule has 2 atom stereocenters. The molecule has 0 aliphatic rings. The average molecular weight is 304 g/mol. The van der Waals surface area contributed by atoms with Crippen molar-refractivity contribution < 1.29 is 26.3 Å². The Morgan fingerprint density at radius 2 is 0.857 bits per heavy atom. The molecular formula is C4Cl4F6. The monoisotopic (exact) mass is 302 g/mol. The van der Waals surface area contributed by atoms with Gasteiger partial charge in [-0.1, -0.05) is 46.4 Å². The lowest BCUT2D eigenvalue weighted by molar-refractivity contribution is -0.229. The van der Waals surface area contributed by atoms with Gasteiger partial charge in [0.1, 0.15) is 0 Å². The maximum atomic E-state index is 12.8. The van der Waals surface area contributed by atoms with Gasteiger partial charge in [0, 0.05) is 0 Å². The Labute approximate surface area is 94.0 Å². The van der Waals surface area contributed by atoms with E-state index in [-0.39, 0.29) is 0 Å². The Kier molecular flexibility index (Phi) is 3.84. The van der Waals surface area contributed by atoms with E-state index in [9.17, 15) is 26.3 Å². The van der Waals surface area contributed by atoms with E-state index in [2.05, 4.69) is 46.4 Å². The molecule has 0 aromatic rings. The summed E-state index contributed by atoms with van der Waals surface area (Å²) in [5, 5.41) is -10.1. The Morgan fingerprint density at radius 3 is 0.929 bits per heavy atom. The Hall–Kier alpha value is 0.740. The number of hydrogen-bond donors (Lipinski definition) is 0. The van der Waals surface area contributed by atoms with Gasteiger partial charge in [-0.15, -0.1) is 0 Å². The molecule has 0 N–H and O–H groups in total. The van der Waals surface area contributed by atoms with Gasteiger partial charge in [-0.2, -0.15) is 13.2 Å². The molecule has 14 heavy (non-hydrogen) atoms. The minimum atomic E-state index is -5.98. The van der Waals surface area contributed by atoms with Crippen LogP contribution in [0.25, 0.3) is 0 Å². The van der Waals surface area contributed by atoms with Crippen LogP contribution < -0.4 is 0 Å². The highest BCUT2D eigenvalue weighted by Gasteiger charge is 2.76. The molecule has 0 bridgehead atoms. The third-order valence-electron chi connectivity index (χ3n) is 1.11. The number of hydrogen-bond acceptors (Lipinski definition) is 0. The van der Waals surface area contributed by atoms with E-state index < -0.39 is 21.0 Å². The standard InChI is InChI=1S/C4Cl4F6/c5-1(9,3(7,8)11)2(6,10)4(12,13)14. The molecule has 0 heterocycles. The second-order valence-electron chi connectivity index (χ2n) is 2.14. The maximum Gasteiger partial charge on any atom is 0.441 e. The average Bonchev–Trinajstić information content (AvgIpc) is 1.81. The van der Waals surface area contributed by atoms with Crippen LogP contribution in [0.5, 0.6) is 0 Å². The zero-order valence-electron chi connectivity index (χ0n) is 5.78. The third-order valence-corrected chi connectivity index (χ3v) is 2.91. The minimum absolute atomic E-state index is 4.08. The molecule has 10 heteroatoms. The Morgan fingerprint density at radius 1 is 0.571 bits per heavy atom. The summed E-state index contributed by atoms with van der Waals surface area (Å²) in [6.45, 7) is 0. The van der Waals surface area contributed by atoms with Crippen LogP contribution in [0.1, 0.15) is 0 Å². The van der Waals surface area contributed by atoms with Crippen LogP contribution in [0.2, 0.25) is 0 Å². The molecule has 0 aromatic carbocycles. The molecule has 86 valence electrons. The van der Waals surface area contributed by atoms with Crippen molar-refractivity contribution in [2.24, 2.45) is 0 Å². The van der Waals surface area contributed by atoms with E-state index in [0.717, 1.165) is 0 Å². The second-order valence-corrected chi connectivity index (χ2v) is 4.42. The van der Waals surface area contributed by atoms with Crippen LogP contribution in [0, 0.1) is 0 Å². The van der Waals surface area contributed by atoms with Crippen molar-refractivity contribution in [3.8, 4) is 0 Å². The second kappa shape index (κ2) is 3.64. The normalized spacial score (nSPS) is 22.7. The van der Waals surface area contributed by atoms with Gasteiger partial charge < -0.3 is 0 Å². The smallest absolute Gasteiger partial charge is 0.214 e. The quantitative estimate of drug-likeness (QED) is 0.522. The molecule has 2 unspecified atom stereocenters. The maximum absolute atomic E-state index is 12.8. The fraction of sp³-hybridized carbons (Fsp3) is 1.00. The highest BCUT2D eigenvalue weighted by atomic mass is 35.5. The van der Waals surface area contributed by atoms with Crippen LogP contribution in [0.3, 0.4) is 0 Å². The molecular weight excluding hydrogens is 304 g/mol. The topological polar surface area (TPSA) is 0 Å². The lowest BCUT2D eigenvalue weighted by Crippen LogP contribution is -2.57. The van der Waals surface area contributed by atoms with E-state index >= 15 is 0 Å². The summed E-state index contributed by atoms with van der Waals surface area (Å²) in [4.78, 5) is 0. The molecule has 0 nitrogen and oxygen atoms in total. The van der Waals surface area contributed by atoms with Crippen molar-refractivity contribution >= 4 is 46.4 Å². The molecule has 0 fully saturated rings. The largest absolute Gasteiger partial charge is 0.441 e. The molecule has 0 aliphatic carbocycles. The van der Waals surface area contributed by atoms with E-state index in [1.807, 2.05) is 0 Å². The Bertz CT molecular complexity index is 191. The highest BCUT2D eigenvalue weighted by Crippen LogP contribution is 2.57. The summed E-state index contributed by atoms with van der Waals surface area (Å²) in [5.41, 5.74) is 0. The molecule has 0 aromatic heterocycles. The summed E-state index contributed by atoms with van der Waals surface area (Å²) in [5.74, 6) is 0. The van der Waals surface area contributed by atoms with E-state index in [1.54, 1.807) is 0 Å². The van der Waals surface area contributed by atoms with E-state index in [4.69, 9.17) is 0 Å². The summed E-state index contributed by atoms with van der Waals surface area (Å²) in [6, 6.07) is 0. The summed E-state index contributed by atoms with van der Waals surface area (Å²) < 4.78 is 68.6. The van der Waals surface area contributed by atoms with Crippen molar-refractivity contribution in [1.29, 1.82) is 0 Å². The first kappa shape index (κ1) is 14.7. The van der Waals surface area contributed by atoms with Crippen molar-refractivity contribution in [3.05, 3.63) is 0 Å². The van der Waals surface area contributed by atoms with Crippen LogP contribution in [0.4, 0.5) is 26.3 Å². The first-order valence-electron chi connectivity index (χ1n) is 2.64. The van der Waals surface area contributed by atoms with Gasteiger partial charge in [0.25, 0.3) is 0 Å². The molecule has 0 saturated heterocycles. The van der Waals surface area contributed by atoms with Crippen LogP contribution in [0.15, 0.2) is 0 Å². The lowest BCUT2D eigenvalue weighted by atomic mass is 10.2. The number of halogens is 10. The van der Waals surface area contributed by atoms with Gasteiger partial charge in [0.15, 0.2) is 0 Å². The first-order valence-corrected chi connectivity index (χ1v) is 4.15. The van der Waals surface area contributed by atoms with Crippen LogP contribution >= 0.6 is 46.4 Å². The van der Waals surface area contributed by atoms with Crippen LogP contribution in [-0.4, -0.2) is 21.0 Å². The predicted molar refractivity (Wildman–Crippen MR) is 41.0 cm³/mol. The molecule has 0 aliphatic heterocycles. The SMILES string of the molecule is FC(F)(F)C(F)(Cl)C(F)(Cl)C(F)(Cl)Cl. The number of rotatable bonds is 2. The van der Waals surface area contributed by atoms with Crippen molar-refractivity contribution in [2.45, 2.75) is 21.0 Å². The van der Waals surface area contributed by atoms with Gasteiger partial charge in [0.2, 0.25) is 0 Å². The lowest BCUT2D eigenvalue weighted by Gasteiger charge is -2.34. The molecule has 0 saturated carbocycles. The molecule has 0 rings (SSSR count). The minimum Gasteiger partial charge on any atom is -0.214 e. The van der Waals surface area contributed by atoms with Gasteiger partial charge in [-0.05, 0) is 0 Å². The van der Waals surface area contributed by atoms with Gasteiger partial charge in [-0.25, -0.2) is 13.2 Å². The molecule has 0 radical (unpaired) electrons. The Balaban J connectivity index is 5.30. The van der Waals surface area contributed by atoms with Gasteiger partial charge >= 0.3 is 21.0 Å². The van der Waals surface area contributed by atoms with Gasteiger partial charge in [-0.3, -0.25) is 0 Å². The van der Waals surface area contributed by atoms with Crippen molar-refractivity contribution in [3.63, 3.8) is 0 Å². The first-order chi connectivity index (χ1) is 5.75.